The van der Waals surface area contributed by atoms with Gasteiger partial charge >= 0.3 is 23.5 Å². The van der Waals surface area contributed by atoms with Gasteiger partial charge in [0.15, 0.2) is 6.33 Å². The van der Waals surface area contributed by atoms with Gasteiger partial charge in [0, 0.05) is 0 Å². The molecule has 0 spiro atoms. The molecule has 3 heterocycles. The van der Waals surface area contributed by atoms with Crippen LogP contribution < -0.4 is 15.6 Å². The maximum atomic E-state index is 11.9. The fraction of sp³-hybridized carbons (Fsp3) is 0.636. The van der Waals surface area contributed by atoms with E-state index in [0.717, 1.165) is 0 Å². The molecule has 3 rings (SSSR count). The fourth-order valence-electron chi connectivity index (χ4n) is 3.15. The van der Waals surface area contributed by atoms with Gasteiger partial charge in [-0.25, -0.2) is 23.6 Å². The lowest BCUT2D eigenvalue weighted by Gasteiger charge is -2.19. The van der Waals surface area contributed by atoms with Crippen LogP contribution in [-0.4, -0.2) is 70.3 Å². The van der Waals surface area contributed by atoms with Crippen LogP contribution in [0.25, 0.3) is 0 Å². The fourth-order valence-corrected chi connectivity index (χ4v) is 6.18. The highest BCUT2D eigenvalue weighted by molar-refractivity contribution is 7.66. The normalized spacial score (nSPS) is 31.3. The molecule has 0 radical (unpaired) electrons. The summed E-state index contributed by atoms with van der Waals surface area (Å²) in [6.07, 6.45) is -6.11. The monoisotopic (exact) mass is 540 g/mol. The minimum absolute atomic E-state index is 0.146. The van der Waals surface area contributed by atoms with E-state index in [1.165, 1.54) is 15.5 Å². The van der Waals surface area contributed by atoms with Crippen LogP contribution in [-0.2, 0) is 38.6 Å². The molecule has 188 valence electrons. The SMILES string of the molecule is Cn1c[n+](C2OC(COP(=O)(O)OP(=O)(O)OP(=O)(O)O)C(O)C2O)c2c1C(O)N=C(N)N2. The van der Waals surface area contributed by atoms with Crippen molar-refractivity contribution >= 4 is 35.2 Å². The summed E-state index contributed by atoms with van der Waals surface area (Å²) in [5.41, 5.74) is 5.84. The highest BCUT2D eigenvalue weighted by atomic mass is 31.3. The number of aliphatic imine (C=N–C) groups is 1. The summed E-state index contributed by atoms with van der Waals surface area (Å²) >= 11 is 0. The zero-order valence-corrected chi connectivity index (χ0v) is 19.1. The summed E-state index contributed by atoms with van der Waals surface area (Å²) in [7, 11) is -15.2. The second-order valence-electron chi connectivity index (χ2n) is 6.81. The minimum atomic E-state index is -5.72. The van der Waals surface area contributed by atoms with Crippen molar-refractivity contribution in [3.63, 3.8) is 0 Å². The zero-order chi connectivity index (χ0) is 24.9. The third kappa shape index (κ3) is 6.05. The van der Waals surface area contributed by atoms with E-state index in [1.54, 1.807) is 7.05 Å². The van der Waals surface area contributed by atoms with Crippen molar-refractivity contribution in [2.75, 3.05) is 11.9 Å². The van der Waals surface area contributed by atoms with Gasteiger partial charge in [-0.2, -0.15) is 13.6 Å². The van der Waals surface area contributed by atoms with E-state index in [9.17, 15) is 33.9 Å². The maximum Gasteiger partial charge on any atom is 0.490 e. The number of hydrogen-bond acceptors (Lipinski definition) is 13. The summed E-state index contributed by atoms with van der Waals surface area (Å²) in [5.74, 6) is 0.0227. The van der Waals surface area contributed by atoms with Crippen molar-refractivity contribution in [3.05, 3.63) is 12.0 Å². The number of hydrogen-bond donors (Lipinski definition) is 9. The van der Waals surface area contributed by atoms with E-state index in [2.05, 4.69) is 23.5 Å². The molecular formula is C11H21N5O14P3+. The van der Waals surface area contributed by atoms with Crippen molar-refractivity contribution in [2.24, 2.45) is 17.8 Å². The molecule has 0 aromatic carbocycles. The molecule has 1 fully saturated rings. The molecule has 10 N–H and O–H groups in total. The van der Waals surface area contributed by atoms with Crippen LogP contribution in [0.4, 0.5) is 5.82 Å². The second kappa shape index (κ2) is 9.07. The Kier molecular flexibility index (Phi) is 7.24. The van der Waals surface area contributed by atoms with Crippen LogP contribution in [0.5, 0.6) is 0 Å². The molecule has 0 saturated carbocycles. The molecule has 22 heteroatoms. The predicted molar refractivity (Wildman–Crippen MR) is 102 cm³/mol. The Labute approximate surface area is 184 Å². The number of aliphatic hydroxyl groups is 3. The number of aromatic nitrogens is 2. The molecule has 2 aliphatic heterocycles. The van der Waals surface area contributed by atoms with E-state index >= 15 is 0 Å². The minimum Gasteiger partial charge on any atom is -0.387 e. The summed E-state index contributed by atoms with van der Waals surface area (Å²) in [6, 6.07) is 0. The number of nitrogens with zero attached hydrogens (tertiary/aromatic N) is 3. The van der Waals surface area contributed by atoms with Gasteiger partial charge in [-0.3, -0.25) is 9.09 Å². The Bertz CT molecular complexity index is 1090. The lowest BCUT2D eigenvalue weighted by Crippen LogP contribution is -2.48. The standard InChI is InChI=1S/C11H20N5O14P3/c1-15-3-16(8-5(15)9(19)14-11(12)13-8)10-7(18)6(17)4(28-10)2-27-32(23,24)30-33(25,26)29-31(20,21)22/h3-4,6-7,9-10,17-19H,2H2,1H3,(H6-,12,13,14,20,21,22,23,24,25,26)/p+1. The first kappa shape index (κ1) is 26.3. The number of aryl methyl sites for hydroxylation is 1. The van der Waals surface area contributed by atoms with Crippen molar-refractivity contribution in [1.29, 1.82) is 0 Å². The number of nitrogens with two attached hydrogens (primary N) is 1. The van der Waals surface area contributed by atoms with Crippen LogP contribution in [0.3, 0.4) is 0 Å². The Morgan fingerprint density at radius 2 is 1.79 bits per heavy atom. The molecule has 0 amide bonds. The van der Waals surface area contributed by atoms with E-state index in [-0.39, 0.29) is 17.5 Å². The number of phosphoric acid groups is 3. The summed E-state index contributed by atoms with van der Waals surface area (Å²) in [5, 5.41) is 33.4. The van der Waals surface area contributed by atoms with Crippen LogP contribution in [0.15, 0.2) is 11.3 Å². The number of guanidine groups is 1. The van der Waals surface area contributed by atoms with E-state index < -0.39 is 60.8 Å². The average molecular weight is 540 g/mol. The van der Waals surface area contributed by atoms with Crippen molar-refractivity contribution < 1.29 is 71.0 Å². The topological polar surface area (TPSA) is 289 Å². The number of phosphoric ester groups is 1. The van der Waals surface area contributed by atoms with E-state index in [1.807, 2.05) is 0 Å². The smallest absolute Gasteiger partial charge is 0.387 e. The van der Waals surface area contributed by atoms with Gasteiger partial charge in [0.05, 0.1) is 13.7 Å². The second-order valence-corrected chi connectivity index (χ2v) is 11.2. The van der Waals surface area contributed by atoms with Gasteiger partial charge in [0.2, 0.25) is 18.1 Å². The third-order valence-electron chi connectivity index (χ3n) is 4.36. The van der Waals surface area contributed by atoms with Gasteiger partial charge in [-0.15, -0.1) is 0 Å². The summed E-state index contributed by atoms with van der Waals surface area (Å²) in [4.78, 5) is 39.5. The Morgan fingerprint density at radius 1 is 1.15 bits per heavy atom. The summed E-state index contributed by atoms with van der Waals surface area (Å²) < 4.78 is 53.6. The molecule has 1 saturated heterocycles. The van der Waals surface area contributed by atoms with Gasteiger partial charge in [0.1, 0.15) is 18.3 Å². The number of imidazole rings is 1. The van der Waals surface area contributed by atoms with Gasteiger partial charge in [-0.1, -0.05) is 0 Å². The van der Waals surface area contributed by atoms with Crippen LogP contribution in [0.2, 0.25) is 0 Å². The lowest BCUT2D eigenvalue weighted by molar-refractivity contribution is -0.753. The number of rotatable bonds is 8. The van der Waals surface area contributed by atoms with E-state index in [0.29, 0.717) is 0 Å². The third-order valence-corrected chi connectivity index (χ3v) is 8.16. The molecule has 1 aromatic heterocycles. The number of aliphatic hydroxyl groups excluding tert-OH is 3. The first-order chi connectivity index (χ1) is 15.0. The number of fused-ring (bicyclic) bond motifs is 1. The maximum absolute atomic E-state index is 11.9. The van der Waals surface area contributed by atoms with Gasteiger partial charge < -0.3 is 45.4 Å². The molecule has 2 aliphatic rings. The molecule has 19 nitrogen and oxygen atoms in total. The van der Waals surface area contributed by atoms with Crippen molar-refractivity contribution in [2.45, 2.75) is 30.8 Å². The molecule has 0 bridgehead atoms. The first-order valence-electron chi connectivity index (χ1n) is 8.68. The quantitative estimate of drug-likeness (QED) is 0.117. The highest BCUT2D eigenvalue weighted by Crippen LogP contribution is 2.66. The Balaban J connectivity index is 1.71. The summed E-state index contributed by atoms with van der Waals surface area (Å²) in [6.45, 7) is -0.979. The van der Waals surface area contributed by atoms with Crippen molar-refractivity contribution in [3.8, 4) is 0 Å². The largest absolute Gasteiger partial charge is 0.490 e. The average Bonchev–Trinajstić information content (AvgIpc) is 3.07. The molecule has 7 unspecified atom stereocenters. The predicted octanol–water partition coefficient (Wildman–Crippen LogP) is -2.99. The van der Waals surface area contributed by atoms with Gasteiger partial charge in [-0.05, 0) is 0 Å². The zero-order valence-electron chi connectivity index (χ0n) is 16.4. The number of ether oxygens (including phenoxy) is 1. The number of nitrogens with one attached hydrogen (secondary N) is 1. The van der Waals surface area contributed by atoms with E-state index in [4.69, 9.17) is 25.2 Å². The highest BCUT2D eigenvalue weighted by Gasteiger charge is 2.49. The Morgan fingerprint density at radius 3 is 2.39 bits per heavy atom. The molecule has 7 atom stereocenters. The van der Waals surface area contributed by atoms with Crippen molar-refractivity contribution in [1.82, 2.24) is 4.57 Å². The molecule has 33 heavy (non-hydrogen) atoms. The number of anilines is 1. The first-order valence-corrected chi connectivity index (χ1v) is 13.2. The molecule has 1 aromatic rings. The van der Waals surface area contributed by atoms with Crippen LogP contribution >= 0.6 is 23.5 Å². The van der Waals surface area contributed by atoms with Gasteiger partial charge in [0.25, 0.3) is 11.8 Å². The molecule has 0 aliphatic carbocycles. The van der Waals surface area contributed by atoms with Crippen LogP contribution in [0.1, 0.15) is 18.1 Å². The Hall–Kier alpha value is -1.27. The molecular weight excluding hydrogens is 519 g/mol. The lowest BCUT2D eigenvalue weighted by atomic mass is 10.1. The van der Waals surface area contributed by atoms with Crippen LogP contribution in [0, 0.1) is 0 Å².